The molecule has 0 aliphatic heterocycles. The third kappa shape index (κ3) is 5.86. The molecule has 6 heteroatoms. The molecule has 176 valence electrons. The highest BCUT2D eigenvalue weighted by Crippen LogP contribution is 2.39. The summed E-state index contributed by atoms with van der Waals surface area (Å²) in [5.74, 6) is -3.71. The van der Waals surface area contributed by atoms with Crippen molar-refractivity contribution in [1.82, 2.24) is 0 Å². The Morgan fingerprint density at radius 1 is 0.818 bits per heavy atom. The smallest absolute Gasteiger partial charge is 0.429 e. The minimum absolute atomic E-state index is 0.0793. The van der Waals surface area contributed by atoms with E-state index in [-0.39, 0.29) is 17.9 Å². The maximum atomic E-state index is 14.8. The van der Waals surface area contributed by atoms with Crippen LogP contribution in [0.4, 0.5) is 17.6 Å². The predicted molar refractivity (Wildman–Crippen MR) is 122 cm³/mol. The maximum absolute atomic E-state index is 14.8. The highest BCUT2D eigenvalue weighted by Gasteiger charge is 2.41. The number of halogens is 4. The summed E-state index contributed by atoms with van der Waals surface area (Å²) < 4.78 is 67.9. The normalized spacial score (nSPS) is 11.5. The first-order valence-corrected chi connectivity index (χ1v) is 11.1. The molecule has 0 saturated heterocycles. The number of aryl methyl sites for hydroxylation is 2. The molecule has 0 aliphatic rings. The maximum Gasteiger partial charge on any atom is 0.429 e. The van der Waals surface area contributed by atoms with E-state index >= 15 is 0 Å². The molecular formula is C27H28F4O2. The molecule has 2 nitrogen and oxygen atoms in total. The Balaban J connectivity index is 1.76. The molecule has 0 bridgehead atoms. The topological polar surface area (TPSA) is 18.5 Å². The SMILES string of the molecule is CCCCCc1ccc(-c2ccc(OC(F)(F)c3c(C)cc(OCC)c(F)c3F)cc2)cc1. The van der Waals surface area contributed by atoms with Crippen LogP contribution in [-0.2, 0) is 12.5 Å². The fourth-order valence-corrected chi connectivity index (χ4v) is 3.70. The highest BCUT2D eigenvalue weighted by atomic mass is 19.3. The van der Waals surface area contributed by atoms with Gasteiger partial charge in [-0.15, -0.1) is 0 Å². The summed E-state index contributed by atoms with van der Waals surface area (Å²) in [7, 11) is 0. The summed E-state index contributed by atoms with van der Waals surface area (Å²) in [5.41, 5.74) is 1.72. The lowest BCUT2D eigenvalue weighted by atomic mass is 10.0. The van der Waals surface area contributed by atoms with Crippen LogP contribution in [0.2, 0.25) is 0 Å². The second-order valence-electron chi connectivity index (χ2n) is 7.92. The van der Waals surface area contributed by atoms with E-state index in [0.29, 0.717) is 0 Å². The van der Waals surface area contributed by atoms with Gasteiger partial charge in [-0.05, 0) is 67.1 Å². The standard InChI is InChI=1S/C27H28F4O2/c1-4-6-7-8-19-9-11-20(12-10-19)21-13-15-22(16-14-21)33-27(30,31)24-18(3)17-23(32-5-2)25(28)26(24)29/h9-17H,4-8H2,1-3H3. The van der Waals surface area contributed by atoms with Crippen molar-refractivity contribution < 1.29 is 27.0 Å². The zero-order valence-electron chi connectivity index (χ0n) is 19.1. The molecule has 3 aromatic carbocycles. The molecule has 33 heavy (non-hydrogen) atoms. The van der Waals surface area contributed by atoms with Crippen LogP contribution in [0.15, 0.2) is 54.6 Å². The molecular weight excluding hydrogens is 432 g/mol. The Hall–Kier alpha value is -3.02. The number of benzene rings is 3. The van der Waals surface area contributed by atoms with E-state index in [1.807, 2.05) is 12.1 Å². The Kier molecular flexibility index (Phi) is 8.01. The second-order valence-corrected chi connectivity index (χ2v) is 7.92. The van der Waals surface area contributed by atoms with Gasteiger partial charge in [-0.25, -0.2) is 4.39 Å². The first kappa shape index (κ1) is 24.6. The lowest BCUT2D eigenvalue weighted by molar-refractivity contribution is -0.188. The molecule has 3 rings (SSSR count). The van der Waals surface area contributed by atoms with Crippen molar-refractivity contribution in [3.05, 3.63) is 82.9 Å². The number of unbranched alkanes of at least 4 members (excludes halogenated alkanes) is 2. The molecule has 0 aliphatic carbocycles. The Labute approximate surface area is 192 Å². The average Bonchev–Trinajstić information content (AvgIpc) is 2.78. The van der Waals surface area contributed by atoms with Crippen LogP contribution in [-0.4, -0.2) is 6.61 Å². The lowest BCUT2D eigenvalue weighted by Crippen LogP contribution is -2.25. The molecule has 0 amide bonds. The molecule has 3 aromatic rings. The molecule has 0 saturated carbocycles. The van der Waals surface area contributed by atoms with E-state index in [1.165, 1.54) is 37.5 Å². The Morgan fingerprint density at radius 2 is 1.42 bits per heavy atom. The monoisotopic (exact) mass is 460 g/mol. The highest BCUT2D eigenvalue weighted by molar-refractivity contribution is 5.64. The third-order valence-corrected chi connectivity index (χ3v) is 5.42. The largest absolute Gasteiger partial charge is 0.491 e. The van der Waals surface area contributed by atoms with Crippen LogP contribution in [0.25, 0.3) is 11.1 Å². The number of hydrogen-bond donors (Lipinski definition) is 0. The van der Waals surface area contributed by atoms with Crippen LogP contribution < -0.4 is 9.47 Å². The van der Waals surface area contributed by atoms with E-state index in [4.69, 9.17) is 9.47 Å². The fourth-order valence-electron chi connectivity index (χ4n) is 3.70. The van der Waals surface area contributed by atoms with Crippen molar-refractivity contribution >= 4 is 0 Å². The number of ether oxygens (including phenoxy) is 2. The molecule has 0 heterocycles. The van der Waals surface area contributed by atoms with E-state index in [0.717, 1.165) is 30.0 Å². The predicted octanol–water partition coefficient (Wildman–Crippen LogP) is 8.20. The van der Waals surface area contributed by atoms with Gasteiger partial charge in [-0.2, -0.15) is 13.2 Å². The lowest BCUT2D eigenvalue weighted by Gasteiger charge is -2.22. The molecule has 0 N–H and O–H groups in total. The minimum Gasteiger partial charge on any atom is -0.491 e. The molecule has 0 unspecified atom stereocenters. The van der Waals surface area contributed by atoms with Gasteiger partial charge in [0.25, 0.3) is 0 Å². The van der Waals surface area contributed by atoms with E-state index in [9.17, 15) is 17.6 Å². The Bertz CT molecular complexity index is 1060. The van der Waals surface area contributed by atoms with Crippen molar-refractivity contribution in [1.29, 1.82) is 0 Å². The van der Waals surface area contributed by atoms with Gasteiger partial charge < -0.3 is 9.47 Å². The van der Waals surface area contributed by atoms with Gasteiger partial charge >= 0.3 is 6.11 Å². The number of alkyl halides is 2. The van der Waals surface area contributed by atoms with Crippen LogP contribution in [0.1, 0.15) is 49.8 Å². The van der Waals surface area contributed by atoms with Crippen molar-refractivity contribution in [2.45, 2.75) is 52.6 Å². The minimum atomic E-state index is -4.07. The van der Waals surface area contributed by atoms with Gasteiger partial charge in [0.1, 0.15) is 11.3 Å². The third-order valence-electron chi connectivity index (χ3n) is 5.42. The molecule has 0 aromatic heterocycles. The number of rotatable bonds is 10. The van der Waals surface area contributed by atoms with Crippen molar-refractivity contribution in [2.24, 2.45) is 0 Å². The molecule has 0 radical (unpaired) electrons. The quantitative estimate of drug-likeness (QED) is 0.224. The fraction of sp³-hybridized carbons (Fsp3) is 0.333. The second kappa shape index (κ2) is 10.7. The first-order chi connectivity index (χ1) is 15.8. The van der Waals surface area contributed by atoms with Gasteiger partial charge in [0.05, 0.1) is 6.61 Å². The van der Waals surface area contributed by atoms with Crippen molar-refractivity contribution in [3.63, 3.8) is 0 Å². The van der Waals surface area contributed by atoms with Gasteiger partial charge in [-0.3, -0.25) is 0 Å². The summed E-state index contributed by atoms with van der Waals surface area (Å²) in [5, 5.41) is 0. The van der Waals surface area contributed by atoms with Gasteiger partial charge in [0.2, 0.25) is 5.82 Å². The summed E-state index contributed by atoms with van der Waals surface area (Å²) in [4.78, 5) is 0. The van der Waals surface area contributed by atoms with E-state index < -0.39 is 29.1 Å². The van der Waals surface area contributed by atoms with E-state index in [1.54, 1.807) is 19.1 Å². The molecule has 0 atom stereocenters. The number of hydrogen-bond acceptors (Lipinski definition) is 2. The van der Waals surface area contributed by atoms with Crippen LogP contribution >= 0.6 is 0 Å². The van der Waals surface area contributed by atoms with Crippen molar-refractivity contribution in [3.8, 4) is 22.6 Å². The molecule has 0 spiro atoms. The van der Waals surface area contributed by atoms with Gasteiger partial charge in [0.15, 0.2) is 11.6 Å². The van der Waals surface area contributed by atoms with E-state index in [2.05, 4.69) is 19.1 Å². The first-order valence-electron chi connectivity index (χ1n) is 11.1. The summed E-state index contributed by atoms with van der Waals surface area (Å²) in [6.45, 7) is 5.09. The average molecular weight is 461 g/mol. The van der Waals surface area contributed by atoms with Crippen LogP contribution in [0.3, 0.4) is 0 Å². The molecule has 0 fully saturated rings. The summed E-state index contributed by atoms with van der Waals surface area (Å²) in [6, 6.07) is 15.2. The zero-order valence-corrected chi connectivity index (χ0v) is 19.1. The van der Waals surface area contributed by atoms with Crippen LogP contribution in [0.5, 0.6) is 11.5 Å². The van der Waals surface area contributed by atoms with Crippen LogP contribution in [0, 0.1) is 18.6 Å². The summed E-state index contributed by atoms with van der Waals surface area (Å²) in [6.07, 6.45) is 0.472. The Morgan fingerprint density at radius 3 is 2.00 bits per heavy atom. The zero-order chi connectivity index (χ0) is 24.0. The van der Waals surface area contributed by atoms with Gasteiger partial charge in [0, 0.05) is 0 Å². The summed E-state index contributed by atoms with van der Waals surface area (Å²) >= 11 is 0. The van der Waals surface area contributed by atoms with Gasteiger partial charge in [-0.1, -0.05) is 56.2 Å². The van der Waals surface area contributed by atoms with Crippen molar-refractivity contribution in [2.75, 3.05) is 6.61 Å².